The summed E-state index contributed by atoms with van der Waals surface area (Å²) in [6.45, 7) is 15.3. The van der Waals surface area contributed by atoms with Crippen molar-refractivity contribution in [2.75, 3.05) is 0 Å². The molecule has 4 aromatic carbocycles. The van der Waals surface area contributed by atoms with Crippen LogP contribution in [0.4, 0.5) is 0 Å². The molecule has 3 fully saturated rings. The van der Waals surface area contributed by atoms with Crippen LogP contribution in [0.2, 0.25) is 0 Å². The van der Waals surface area contributed by atoms with Crippen molar-refractivity contribution in [3.8, 4) is 11.1 Å². The molecular formula is C49H56. The molecule has 0 aliphatic heterocycles. The van der Waals surface area contributed by atoms with Crippen LogP contribution >= 0.6 is 0 Å². The van der Waals surface area contributed by atoms with E-state index in [0.29, 0.717) is 0 Å². The minimum absolute atomic E-state index is 0.000335. The van der Waals surface area contributed by atoms with Gasteiger partial charge in [0.15, 0.2) is 0 Å². The van der Waals surface area contributed by atoms with E-state index in [-0.39, 0.29) is 16.2 Å². The first-order chi connectivity index (χ1) is 23.7. The average molecular weight is 645 g/mol. The quantitative estimate of drug-likeness (QED) is 0.208. The van der Waals surface area contributed by atoms with Crippen LogP contribution in [0.15, 0.2) is 72.8 Å². The van der Waals surface area contributed by atoms with Crippen molar-refractivity contribution in [1.29, 1.82) is 0 Å². The van der Waals surface area contributed by atoms with Gasteiger partial charge in [0.1, 0.15) is 0 Å². The van der Waals surface area contributed by atoms with Gasteiger partial charge >= 0.3 is 0 Å². The molecule has 6 aliphatic rings. The van der Waals surface area contributed by atoms with Gasteiger partial charge in [0, 0.05) is 16.2 Å². The molecule has 49 heavy (non-hydrogen) atoms. The zero-order valence-electron chi connectivity index (χ0n) is 31.0. The van der Waals surface area contributed by atoms with Crippen molar-refractivity contribution in [1.82, 2.24) is 0 Å². The molecule has 2 atom stereocenters. The highest BCUT2D eigenvalue weighted by Gasteiger charge is 2.70. The SMILES string of the molecule is CC(C)C1C(C2CCCCC2)C2(c3ccc4c(c3-c3ccc5ccccc5c32)C(C)(C)C2=C4C(C)(C)c3ccccc32)C1C1CCCCC1. The fourth-order valence-corrected chi connectivity index (χ4v) is 14.0. The Kier molecular flexibility index (Phi) is 6.55. The van der Waals surface area contributed by atoms with E-state index in [2.05, 4.69) is 114 Å². The van der Waals surface area contributed by atoms with Crippen LogP contribution in [0.3, 0.4) is 0 Å². The lowest BCUT2D eigenvalue weighted by atomic mass is 9.35. The lowest BCUT2D eigenvalue weighted by Crippen LogP contribution is -2.66. The van der Waals surface area contributed by atoms with Gasteiger partial charge in [-0.25, -0.2) is 0 Å². The zero-order chi connectivity index (χ0) is 33.4. The van der Waals surface area contributed by atoms with Crippen LogP contribution < -0.4 is 0 Å². The van der Waals surface area contributed by atoms with Crippen molar-refractivity contribution in [2.24, 2.45) is 35.5 Å². The summed E-state index contributed by atoms with van der Waals surface area (Å²) in [6, 6.07) is 29.3. The van der Waals surface area contributed by atoms with Crippen LogP contribution in [-0.4, -0.2) is 0 Å². The maximum atomic E-state index is 2.73. The first kappa shape index (κ1) is 30.7. The summed E-state index contributed by atoms with van der Waals surface area (Å²) in [4.78, 5) is 0. The van der Waals surface area contributed by atoms with Crippen LogP contribution in [0.25, 0.3) is 33.0 Å². The second-order valence-electron chi connectivity index (χ2n) is 18.7. The lowest BCUT2D eigenvalue weighted by Gasteiger charge is -2.68. The third-order valence-corrected chi connectivity index (χ3v) is 15.5. The van der Waals surface area contributed by atoms with Crippen molar-refractivity contribution in [3.05, 3.63) is 106 Å². The first-order valence-electron chi connectivity index (χ1n) is 20.3. The number of fused-ring (bicyclic) bond motifs is 12. The second-order valence-corrected chi connectivity index (χ2v) is 18.7. The predicted octanol–water partition coefficient (Wildman–Crippen LogP) is 13.3. The number of rotatable bonds is 3. The number of benzene rings is 4. The Labute approximate surface area is 295 Å². The minimum atomic E-state index is -0.0593. The molecule has 0 N–H and O–H groups in total. The molecule has 4 aromatic rings. The van der Waals surface area contributed by atoms with Crippen molar-refractivity contribution in [2.45, 2.75) is 122 Å². The Hall–Kier alpha value is -3.12. The molecule has 0 amide bonds. The summed E-state index contributed by atoms with van der Waals surface area (Å²) >= 11 is 0. The molecule has 1 spiro atoms. The summed E-state index contributed by atoms with van der Waals surface area (Å²) in [7, 11) is 0. The normalized spacial score (nSPS) is 29.6. The predicted molar refractivity (Wildman–Crippen MR) is 208 cm³/mol. The minimum Gasteiger partial charge on any atom is -0.0625 e. The van der Waals surface area contributed by atoms with Gasteiger partial charge < -0.3 is 0 Å². The van der Waals surface area contributed by atoms with E-state index >= 15 is 0 Å². The molecule has 0 saturated heterocycles. The first-order valence-corrected chi connectivity index (χ1v) is 20.3. The van der Waals surface area contributed by atoms with Gasteiger partial charge in [-0.05, 0) is 102 Å². The van der Waals surface area contributed by atoms with Crippen LogP contribution in [0.5, 0.6) is 0 Å². The Morgan fingerprint density at radius 2 is 1.12 bits per heavy atom. The van der Waals surface area contributed by atoms with E-state index in [0.717, 1.165) is 35.5 Å². The second kappa shape index (κ2) is 10.5. The Morgan fingerprint density at radius 1 is 0.531 bits per heavy atom. The Bertz CT molecular complexity index is 2010. The molecule has 0 radical (unpaired) electrons. The zero-order valence-corrected chi connectivity index (χ0v) is 31.0. The highest BCUT2D eigenvalue weighted by atomic mass is 14.7. The van der Waals surface area contributed by atoms with Crippen LogP contribution in [0, 0.1) is 35.5 Å². The third-order valence-electron chi connectivity index (χ3n) is 15.5. The molecule has 0 heteroatoms. The average Bonchev–Trinajstić information content (AvgIpc) is 3.65. The molecule has 0 aromatic heterocycles. The fraction of sp³-hybridized carbons (Fsp3) is 0.510. The van der Waals surface area contributed by atoms with Crippen LogP contribution in [0.1, 0.15) is 139 Å². The summed E-state index contributed by atoms with van der Waals surface area (Å²) < 4.78 is 0. The van der Waals surface area contributed by atoms with E-state index < -0.39 is 0 Å². The molecule has 2 unspecified atom stereocenters. The summed E-state index contributed by atoms with van der Waals surface area (Å²) in [5.74, 6) is 4.64. The summed E-state index contributed by atoms with van der Waals surface area (Å²) in [5, 5.41) is 2.99. The fourth-order valence-electron chi connectivity index (χ4n) is 14.0. The highest BCUT2D eigenvalue weighted by molar-refractivity contribution is 6.12. The molecule has 252 valence electrons. The molecule has 0 nitrogen and oxygen atoms in total. The van der Waals surface area contributed by atoms with E-state index in [1.807, 2.05) is 0 Å². The topological polar surface area (TPSA) is 0 Å². The van der Waals surface area contributed by atoms with E-state index in [1.165, 1.54) is 80.7 Å². The van der Waals surface area contributed by atoms with Crippen LogP contribution in [-0.2, 0) is 16.2 Å². The van der Waals surface area contributed by atoms with E-state index in [4.69, 9.17) is 0 Å². The maximum Gasteiger partial charge on any atom is 0.0288 e. The molecular weight excluding hydrogens is 589 g/mol. The van der Waals surface area contributed by atoms with Crippen molar-refractivity contribution < 1.29 is 0 Å². The number of hydrogen-bond donors (Lipinski definition) is 0. The van der Waals surface area contributed by atoms with Crippen molar-refractivity contribution >= 4 is 21.9 Å². The molecule has 0 bridgehead atoms. The van der Waals surface area contributed by atoms with E-state index in [9.17, 15) is 0 Å². The smallest absolute Gasteiger partial charge is 0.0288 e. The monoisotopic (exact) mass is 644 g/mol. The van der Waals surface area contributed by atoms with Gasteiger partial charge in [-0.3, -0.25) is 0 Å². The summed E-state index contributed by atoms with van der Waals surface area (Å²) in [5.41, 5.74) is 16.2. The van der Waals surface area contributed by atoms with Gasteiger partial charge in [0.05, 0.1) is 0 Å². The van der Waals surface area contributed by atoms with Gasteiger partial charge in [-0.2, -0.15) is 0 Å². The van der Waals surface area contributed by atoms with Gasteiger partial charge in [-0.1, -0.05) is 179 Å². The van der Waals surface area contributed by atoms with Gasteiger partial charge in [0.25, 0.3) is 0 Å². The Morgan fingerprint density at radius 3 is 1.80 bits per heavy atom. The molecule has 6 aliphatic carbocycles. The number of allylic oxidation sites excluding steroid dienone is 2. The molecule has 10 rings (SSSR count). The highest BCUT2D eigenvalue weighted by Crippen LogP contribution is 2.76. The standard InChI is InChI=1S/C49H56/c1-29(2)39-41(31-18-9-7-10-19-31)49(42(39)32-20-11-8-12-21-32)38-28-27-36-44(40(38)35-26-25-30-17-13-14-22-33(30)43(35)49)48(5,6)45-34-23-15-16-24-37(34)47(3,4)46(36)45/h13-17,22-29,31-32,39,41-42H,7-12,18-21H2,1-6H3. The summed E-state index contributed by atoms with van der Waals surface area (Å²) in [6.07, 6.45) is 14.3. The van der Waals surface area contributed by atoms with Gasteiger partial charge in [-0.15, -0.1) is 0 Å². The lowest BCUT2D eigenvalue weighted by molar-refractivity contribution is -0.130. The van der Waals surface area contributed by atoms with Gasteiger partial charge in [0.2, 0.25) is 0 Å². The third kappa shape index (κ3) is 3.72. The number of hydrogen-bond acceptors (Lipinski definition) is 0. The molecule has 3 saturated carbocycles. The van der Waals surface area contributed by atoms with E-state index in [1.54, 1.807) is 49.9 Å². The largest absolute Gasteiger partial charge is 0.0625 e. The molecule has 0 heterocycles. The Balaban J connectivity index is 1.30. The van der Waals surface area contributed by atoms with Crippen molar-refractivity contribution in [3.63, 3.8) is 0 Å². The maximum absolute atomic E-state index is 2.73.